The Hall–Kier alpha value is -3.23. The lowest BCUT2D eigenvalue weighted by Gasteiger charge is -2.16. The van der Waals surface area contributed by atoms with Gasteiger partial charge in [0.15, 0.2) is 0 Å². The number of hydrogen-bond acceptors (Lipinski definition) is 5. The zero-order chi connectivity index (χ0) is 22.7. The van der Waals surface area contributed by atoms with Crippen molar-refractivity contribution in [2.24, 2.45) is 0 Å². The molecule has 0 aliphatic rings. The predicted octanol–water partition coefficient (Wildman–Crippen LogP) is 2.87. The number of carbonyl (C=O) groups is 1. The standard InChI is InChI=1S/C22H22ClFN4O3/c1-13(12-29)25-21(30)17-11-19(14-7-8-20(27(2)3)18(23)9-14)26-28(22(17)31)16-6-4-5-15(24)10-16/h4-11,13,29H,12H2,1-3H3,(H,25,30). The molecule has 0 spiro atoms. The van der Waals surface area contributed by atoms with Crippen LogP contribution in [0.3, 0.4) is 0 Å². The first-order valence-corrected chi connectivity index (χ1v) is 9.88. The van der Waals surface area contributed by atoms with Gasteiger partial charge >= 0.3 is 0 Å². The van der Waals surface area contributed by atoms with E-state index in [9.17, 15) is 19.1 Å². The minimum Gasteiger partial charge on any atom is -0.394 e. The number of aromatic nitrogens is 2. The van der Waals surface area contributed by atoms with Crippen molar-refractivity contribution >= 4 is 23.2 Å². The number of aliphatic hydroxyl groups excluding tert-OH is 1. The summed E-state index contributed by atoms with van der Waals surface area (Å²) < 4.78 is 14.8. The van der Waals surface area contributed by atoms with Crippen LogP contribution in [0.4, 0.5) is 10.1 Å². The van der Waals surface area contributed by atoms with E-state index in [1.165, 1.54) is 24.3 Å². The van der Waals surface area contributed by atoms with Crippen LogP contribution in [0.15, 0.2) is 53.3 Å². The van der Waals surface area contributed by atoms with E-state index < -0.39 is 23.3 Å². The summed E-state index contributed by atoms with van der Waals surface area (Å²) in [6.45, 7) is 1.31. The molecule has 2 aromatic carbocycles. The van der Waals surface area contributed by atoms with Crippen molar-refractivity contribution in [1.29, 1.82) is 0 Å². The number of halogens is 2. The van der Waals surface area contributed by atoms with Crippen LogP contribution in [-0.2, 0) is 0 Å². The van der Waals surface area contributed by atoms with Gasteiger partial charge in [-0.1, -0.05) is 23.7 Å². The Bertz CT molecular complexity index is 1180. The van der Waals surface area contributed by atoms with Crippen LogP contribution in [0.5, 0.6) is 0 Å². The molecule has 1 atom stereocenters. The van der Waals surface area contributed by atoms with Gasteiger partial charge in [0.1, 0.15) is 11.4 Å². The predicted molar refractivity (Wildman–Crippen MR) is 119 cm³/mol. The number of nitrogens with one attached hydrogen (secondary N) is 1. The van der Waals surface area contributed by atoms with E-state index >= 15 is 0 Å². The van der Waals surface area contributed by atoms with Gasteiger partial charge in [0.25, 0.3) is 11.5 Å². The van der Waals surface area contributed by atoms with Crippen LogP contribution in [0.2, 0.25) is 5.02 Å². The van der Waals surface area contributed by atoms with Crippen molar-refractivity contribution in [3.05, 3.63) is 75.3 Å². The fraction of sp³-hybridized carbons (Fsp3) is 0.227. The molecular formula is C22H22ClFN4O3. The number of hydrogen-bond donors (Lipinski definition) is 2. The molecule has 31 heavy (non-hydrogen) atoms. The Balaban J connectivity index is 2.21. The van der Waals surface area contributed by atoms with Crippen LogP contribution in [0.1, 0.15) is 17.3 Å². The Morgan fingerprint density at radius 2 is 2.00 bits per heavy atom. The first-order chi connectivity index (χ1) is 14.7. The van der Waals surface area contributed by atoms with Gasteiger partial charge in [0.2, 0.25) is 0 Å². The molecule has 1 unspecified atom stereocenters. The van der Waals surface area contributed by atoms with Crippen LogP contribution < -0.4 is 15.8 Å². The minimum absolute atomic E-state index is 0.173. The van der Waals surface area contributed by atoms with Gasteiger partial charge in [-0.05, 0) is 43.3 Å². The molecule has 3 aromatic rings. The molecule has 0 saturated heterocycles. The molecule has 1 aromatic heterocycles. The molecule has 0 aliphatic carbocycles. The van der Waals surface area contributed by atoms with Gasteiger partial charge in [-0.3, -0.25) is 9.59 Å². The SMILES string of the molecule is CC(CO)NC(=O)c1cc(-c2ccc(N(C)C)c(Cl)c2)nn(-c2cccc(F)c2)c1=O. The summed E-state index contributed by atoms with van der Waals surface area (Å²) in [6.07, 6.45) is 0. The van der Waals surface area contributed by atoms with E-state index in [0.717, 1.165) is 16.4 Å². The van der Waals surface area contributed by atoms with Crippen molar-refractivity contribution in [2.45, 2.75) is 13.0 Å². The fourth-order valence-corrected chi connectivity index (χ4v) is 3.31. The zero-order valence-corrected chi connectivity index (χ0v) is 18.0. The topological polar surface area (TPSA) is 87.5 Å². The summed E-state index contributed by atoms with van der Waals surface area (Å²) in [5.74, 6) is -1.22. The van der Waals surface area contributed by atoms with Crippen molar-refractivity contribution in [3.8, 4) is 16.9 Å². The maximum absolute atomic E-state index is 13.8. The average molecular weight is 445 g/mol. The highest BCUT2D eigenvalue weighted by molar-refractivity contribution is 6.33. The summed E-state index contributed by atoms with van der Waals surface area (Å²) in [6, 6.07) is 11.4. The van der Waals surface area contributed by atoms with Gasteiger partial charge < -0.3 is 15.3 Å². The van der Waals surface area contributed by atoms with Crippen molar-refractivity contribution in [2.75, 3.05) is 25.6 Å². The normalized spacial score (nSPS) is 11.8. The highest BCUT2D eigenvalue weighted by Crippen LogP contribution is 2.29. The second kappa shape index (κ2) is 9.28. The zero-order valence-electron chi connectivity index (χ0n) is 17.3. The van der Waals surface area contributed by atoms with Crippen LogP contribution in [0.25, 0.3) is 16.9 Å². The Labute approximate surface area is 183 Å². The third kappa shape index (κ3) is 4.92. The smallest absolute Gasteiger partial charge is 0.284 e. The molecule has 1 heterocycles. The lowest BCUT2D eigenvalue weighted by atomic mass is 10.1. The average Bonchev–Trinajstić information content (AvgIpc) is 2.73. The van der Waals surface area contributed by atoms with Gasteiger partial charge in [-0.2, -0.15) is 9.78 Å². The molecule has 3 rings (SSSR count). The van der Waals surface area contributed by atoms with E-state index in [-0.39, 0.29) is 17.9 Å². The molecule has 9 heteroatoms. The van der Waals surface area contributed by atoms with E-state index in [4.69, 9.17) is 11.6 Å². The molecule has 0 fully saturated rings. The van der Waals surface area contributed by atoms with Crippen molar-refractivity contribution in [3.63, 3.8) is 0 Å². The van der Waals surface area contributed by atoms with Crippen molar-refractivity contribution in [1.82, 2.24) is 15.1 Å². The molecular weight excluding hydrogens is 423 g/mol. The summed E-state index contributed by atoms with van der Waals surface area (Å²) >= 11 is 6.38. The quantitative estimate of drug-likeness (QED) is 0.610. The van der Waals surface area contributed by atoms with Crippen LogP contribution >= 0.6 is 11.6 Å². The lowest BCUT2D eigenvalue weighted by molar-refractivity contribution is 0.0920. The van der Waals surface area contributed by atoms with Gasteiger partial charge in [0, 0.05) is 25.7 Å². The molecule has 0 saturated carbocycles. The van der Waals surface area contributed by atoms with Gasteiger partial charge in [0.05, 0.1) is 28.7 Å². The first kappa shape index (κ1) is 22.5. The number of amides is 1. The molecule has 162 valence electrons. The van der Waals surface area contributed by atoms with Crippen LogP contribution in [0, 0.1) is 5.82 Å². The van der Waals surface area contributed by atoms with Gasteiger partial charge in [-0.15, -0.1) is 0 Å². The maximum atomic E-state index is 13.8. The number of carbonyl (C=O) groups excluding carboxylic acids is 1. The highest BCUT2D eigenvalue weighted by atomic mass is 35.5. The third-order valence-electron chi connectivity index (χ3n) is 4.59. The summed E-state index contributed by atoms with van der Waals surface area (Å²) in [4.78, 5) is 27.6. The van der Waals surface area contributed by atoms with E-state index in [2.05, 4.69) is 10.4 Å². The van der Waals surface area contributed by atoms with Gasteiger partial charge in [-0.25, -0.2) is 4.39 Å². The number of rotatable bonds is 6. The van der Waals surface area contributed by atoms with E-state index in [0.29, 0.717) is 16.3 Å². The largest absolute Gasteiger partial charge is 0.394 e. The first-order valence-electron chi connectivity index (χ1n) is 9.50. The van der Waals surface area contributed by atoms with Crippen molar-refractivity contribution < 1.29 is 14.3 Å². The Morgan fingerprint density at radius 3 is 2.61 bits per heavy atom. The summed E-state index contributed by atoms with van der Waals surface area (Å²) in [5, 5.41) is 16.6. The fourth-order valence-electron chi connectivity index (χ4n) is 2.96. The highest BCUT2D eigenvalue weighted by Gasteiger charge is 2.19. The van der Waals surface area contributed by atoms with E-state index in [1.807, 2.05) is 19.0 Å². The monoisotopic (exact) mass is 444 g/mol. The summed E-state index contributed by atoms with van der Waals surface area (Å²) in [7, 11) is 3.71. The number of anilines is 1. The number of aliphatic hydroxyl groups is 1. The second-order valence-corrected chi connectivity index (χ2v) is 7.66. The third-order valence-corrected chi connectivity index (χ3v) is 4.89. The summed E-state index contributed by atoms with van der Waals surface area (Å²) in [5.41, 5.74) is 0.934. The van der Waals surface area contributed by atoms with Crippen LogP contribution in [-0.4, -0.2) is 47.5 Å². The molecule has 0 aliphatic heterocycles. The Kier molecular flexibility index (Phi) is 6.72. The molecule has 1 amide bonds. The molecule has 2 N–H and O–H groups in total. The molecule has 0 bridgehead atoms. The maximum Gasteiger partial charge on any atom is 0.284 e. The second-order valence-electron chi connectivity index (χ2n) is 7.26. The molecule has 0 radical (unpaired) electrons. The molecule has 7 nitrogen and oxygen atoms in total. The Morgan fingerprint density at radius 1 is 1.26 bits per heavy atom. The minimum atomic E-state index is -0.715. The lowest BCUT2D eigenvalue weighted by Crippen LogP contribution is -2.39. The van der Waals surface area contributed by atoms with E-state index in [1.54, 1.807) is 25.1 Å². The number of nitrogens with zero attached hydrogens (tertiary/aromatic N) is 3. The number of benzene rings is 2.